The number of aromatic nitrogens is 2. The topological polar surface area (TPSA) is 78.4 Å². The van der Waals surface area contributed by atoms with E-state index in [-0.39, 0.29) is 23.7 Å². The zero-order valence-corrected chi connectivity index (χ0v) is 18.7. The van der Waals surface area contributed by atoms with Gasteiger partial charge in [-0.2, -0.15) is 47.9 Å². The maximum Gasteiger partial charge on any atom is 0.460 e. The number of halogens is 9. The molecule has 37 heavy (non-hydrogen) atoms. The molecule has 3 rings (SSSR count). The van der Waals surface area contributed by atoms with Crippen LogP contribution in [0.4, 0.5) is 39.5 Å². The second-order valence-corrected chi connectivity index (χ2v) is 8.83. The number of hydrogen-bond donors (Lipinski definition) is 0. The van der Waals surface area contributed by atoms with Crippen molar-refractivity contribution in [1.29, 1.82) is 0 Å². The fourth-order valence-corrected chi connectivity index (χ4v) is 3.55. The molecule has 0 atom stereocenters. The summed E-state index contributed by atoms with van der Waals surface area (Å²) < 4.78 is 149. The molecule has 0 aliphatic rings. The summed E-state index contributed by atoms with van der Waals surface area (Å²) in [6, 6.07) is 12.3. The Morgan fingerprint density at radius 3 is 1.76 bits per heavy atom. The molecule has 1 heterocycles. The summed E-state index contributed by atoms with van der Waals surface area (Å²) in [5, 5.41) is -6.96. The summed E-state index contributed by atoms with van der Waals surface area (Å²) in [7, 11) is -7.04. The lowest BCUT2D eigenvalue weighted by Crippen LogP contribution is -2.63. The van der Waals surface area contributed by atoms with Gasteiger partial charge < -0.3 is 8.92 Å². The lowest BCUT2D eigenvalue weighted by Gasteiger charge is -2.32. The van der Waals surface area contributed by atoms with Crippen LogP contribution in [0.1, 0.15) is 5.56 Å². The molecule has 0 radical (unpaired) electrons. The van der Waals surface area contributed by atoms with Crippen molar-refractivity contribution in [3.63, 3.8) is 0 Å². The van der Waals surface area contributed by atoms with E-state index in [0.717, 1.165) is 17.7 Å². The molecule has 0 saturated heterocycles. The van der Waals surface area contributed by atoms with Crippen molar-refractivity contribution in [3.8, 4) is 22.9 Å². The molecule has 0 N–H and O–H groups in total. The van der Waals surface area contributed by atoms with Gasteiger partial charge in [0.25, 0.3) is 0 Å². The van der Waals surface area contributed by atoms with Crippen LogP contribution in [-0.4, -0.2) is 41.7 Å². The van der Waals surface area contributed by atoms with E-state index in [1.165, 1.54) is 12.4 Å². The number of nitrogens with zero attached hydrogens (tertiary/aromatic N) is 2. The molecule has 0 unspecified atom stereocenters. The Bertz CT molecular complexity index is 1320. The minimum Gasteiger partial charge on any atom is -0.486 e. The molecule has 2 aromatic carbocycles. The molecule has 6 nitrogen and oxygen atoms in total. The monoisotopic (exact) mass is 560 g/mol. The van der Waals surface area contributed by atoms with Gasteiger partial charge in [0, 0.05) is 5.56 Å². The first-order valence-corrected chi connectivity index (χ1v) is 11.1. The smallest absolute Gasteiger partial charge is 0.460 e. The van der Waals surface area contributed by atoms with Crippen molar-refractivity contribution in [1.82, 2.24) is 9.97 Å². The Kier molecular flexibility index (Phi) is 7.36. The average Bonchev–Trinajstić information content (AvgIpc) is 2.83. The lowest BCUT2D eigenvalue weighted by atomic mass is 10.1. The highest BCUT2D eigenvalue weighted by Gasteiger charge is 2.86. The van der Waals surface area contributed by atoms with Crippen molar-refractivity contribution < 1.29 is 56.9 Å². The minimum absolute atomic E-state index is 0.0168. The summed E-state index contributed by atoms with van der Waals surface area (Å²) in [6.07, 6.45) is -4.62. The first-order chi connectivity index (χ1) is 17.0. The van der Waals surface area contributed by atoms with Crippen molar-refractivity contribution >= 4 is 10.1 Å². The second-order valence-electron chi connectivity index (χ2n) is 7.24. The molecule has 1 aromatic heterocycles. The summed E-state index contributed by atoms with van der Waals surface area (Å²) in [6.45, 7) is 0.211. The Balaban J connectivity index is 1.73. The molecular formula is C21H13F9N2O4S. The first kappa shape index (κ1) is 28.0. The lowest BCUT2D eigenvalue weighted by molar-refractivity contribution is -0.382. The maximum atomic E-state index is 13.8. The third-order valence-corrected chi connectivity index (χ3v) is 5.92. The maximum absolute atomic E-state index is 13.8. The molecule has 0 bridgehead atoms. The number of ether oxygens (including phenoxy) is 1. The van der Waals surface area contributed by atoms with E-state index in [2.05, 4.69) is 14.2 Å². The second kappa shape index (κ2) is 9.72. The van der Waals surface area contributed by atoms with Crippen LogP contribution >= 0.6 is 0 Å². The van der Waals surface area contributed by atoms with Gasteiger partial charge in [-0.05, 0) is 29.8 Å². The quantitative estimate of drug-likeness (QED) is 0.241. The molecule has 16 heteroatoms. The van der Waals surface area contributed by atoms with Crippen molar-refractivity contribution in [3.05, 3.63) is 72.6 Å². The van der Waals surface area contributed by atoms with Crippen LogP contribution in [0.5, 0.6) is 11.5 Å². The number of rotatable bonds is 9. The first-order valence-electron chi connectivity index (χ1n) is 9.73. The van der Waals surface area contributed by atoms with Crippen molar-refractivity contribution in [2.24, 2.45) is 0 Å². The van der Waals surface area contributed by atoms with Gasteiger partial charge in [0.1, 0.15) is 12.4 Å². The van der Waals surface area contributed by atoms with Gasteiger partial charge in [-0.1, -0.05) is 30.3 Å². The number of alkyl halides is 9. The molecule has 0 saturated carbocycles. The Hall–Kier alpha value is -3.56. The Morgan fingerprint density at radius 1 is 0.703 bits per heavy atom. The van der Waals surface area contributed by atoms with Crippen LogP contribution in [0.25, 0.3) is 11.4 Å². The molecule has 200 valence electrons. The van der Waals surface area contributed by atoms with E-state index in [1.807, 2.05) is 18.2 Å². The molecule has 0 spiro atoms. The van der Waals surface area contributed by atoms with Gasteiger partial charge in [-0.3, -0.25) is 0 Å². The molecule has 0 aliphatic carbocycles. The normalized spacial score (nSPS) is 13.3. The summed E-state index contributed by atoms with van der Waals surface area (Å²) in [5.74, 6) is -15.6. The third-order valence-electron chi connectivity index (χ3n) is 4.62. The molecular weight excluding hydrogens is 547 g/mol. The number of hydrogen-bond acceptors (Lipinski definition) is 6. The van der Waals surface area contributed by atoms with Gasteiger partial charge >= 0.3 is 33.4 Å². The SMILES string of the molecule is O=S(=O)(Oc1ccc(-c2ncc(OCc3ccccc3)cn2)cc1)C(F)(F)C(F)(F)C(F)(F)C(F)(F)F. The molecule has 3 aromatic rings. The highest BCUT2D eigenvalue weighted by atomic mass is 32.2. The van der Waals surface area contributed by atoms with Crippen LogP contribution in [0.2, 0.25) is 0 Å². The van der Waals surface area contributed by atoms with E-state index >= 15 is 0 Å². The van der Waals surface area contributed by atoms with Crippen LogP contribution in [-0.2, 0) is 16.7 Å². The van der Waals surface area contributed by atoms with Gasteiger partial charge in [-0.15, -0.1) is 0 Å². The predicted octanol–water partition coefficient (Wildman–Crippen LogP) is 5.86. The zero-order chi connectivity index (χ0) is 27.7. The van der Waals surface area contributed by atoms with E-state index in [4.69, 9.17) is 4.74 Å². The molecule has 0 fully saturated rings. The van der Waals surface area contributed by atoms with Crippen molar-refractivity contribution in [2.75, 3.05) is 0 Å². The minimum atomic E-state index is -7.39. The highest BCUT2D eigenvalue weighted by Crippen LogP contribution is 2.55. The largest absolute Gasteiger partial charge is 0.486 e. The van der Waals surface area contributed by atoms with Crippen LogP contribution in [0.3, 0.4) is 0 Å². The van der Waals surface area contributed by atoms with Crippen molar-refractivity contribution in [2.45, 2.75) is 29.9 Å². The van der Waals surface area contributed by atoms with Gasteiger partial charge in [0.05, 0.1) is 12.4 Å². The van der Waals surface area contributed by atoms with Gasteiger partial charge in [-0.25, -0.2) is 9.97 Å². The molecule has 0 aliphatic heterocycles. The van der Waals surface area contributed by atoms with E-state index in [9.17, 15) is 47.9 Å². The van der Waals surface area contributed by atoms with Gasteiger partial charge in [0.2, 0.25) is 0 Å². The van der Waals surface area contributed by atoms with Crippen LogP contribution in [0, 0.1) is 0 Å². The standard InChI is InChI=1S/C21H13F9N2O4S/c22-18(23,20(26,27)28)19(24,25)21(29,30)37(33,34)36-15-8-6-14(7-9-15)17-31-10-16(11-32-17)35-12-13-4-2-1-3-5-13/h1-11H,12H2. The Morgan fingerprint density at radius 2 is 1.24 bits per heavy atom. The van der Waals surface area contributed by atoms with Crippen LogP contribution < -0.4 is 8.92 Å². The van der Waals surface area contributed by atoms with Gasteiger partial charge in [0.15, 0.2) is 11.6 Å². The third kappa shape index (κ3) is 5.42. The average molecular weight is 560 g/mol. The van der Waals surface area contributed by atoms with Crippen LogP contribution in [0.15, 0.2) is 67.0 Å². The fraction of sp³-hybridized carbons (Fsp3) is 0.238. The fourth-order valence-electron chi connectivity index (χ4n) is 2.64. The van der Waals surface area contributed by atoms with E-state index in [0.29, 0.717) is 12.1 Å². The number of benzene rings is 2. The molecule has 0 amide bonds. The van der Waals surface area contributed by atoms with E-state index in [1.54, 1.807) is 12.1 Å². The highest BCUT2D eigenvalue weighted by molar-refractivity contribution is 7.88. The summed E-state index contributed by atoms with van der Waals surface area (Å²) in [5.41, 5.74) is 1.00. The summed E-state index contributed by atoms with van der Waals surface area (Å²) >= 11 is 0. The Labute approximate surface area is 202 Å². The zero-order valence-electron chi connectivity index (χ0n) is 17.9. The predicted molar refractivity (Wildman–Crippen MR) is 109 cm³/mol. The van der Waals surface area contributed by atoms with E-state index < -0.39 is 39.1 Å². The summed E-state index contributed by atoms with van der Waals surface area (Å²) in [4.78, 5) is 7.97.